The van der Waals surface area contributed by atoms with Crippen LogP contribution in [0.2, 0.25) is 0 Å². The van der Waals surface area contributed by atoms with Crippen molar-refractivity contribution in [1.29, 1.82) is 0 Å². The van der Waals surface area contributed by atoms with E-state index in [1.54, 1.807) is 0 Å². The van der Waals surface area contributed by atoms with Crippen LogP contribution in [0.5, 0.6) is 0 Å². The topological polar surface area (TPSA) is 46.3 Å². The number of hydrogen-bond donors (Lipinski definition) is 1. The van der Waals surface area contributed by atoms with Crippen molar-refractivity contribution in [1.82, 2.24) is 4.90 Å². The van der Waals surface area contributed by atoms with Crippen LogP contribution >= 0.6 is 0 Å². The fourth-order valence-electron chi connectivity index (χ4n) is 2.34. The lowest BCUT2D eigenvalue weighted by Crippen LogP contribution is -2.45. The van der Waals surface area contributed by atoms with Gasteiger partial charge in [-0.3, -0.25) is 4.79 Å². The zero-order valence-electron chi connectivity index (χ0n) is 10.0. The SMILES string of the molecule is CC(C)C(=O)N(CCN)C1CCCCC1. The molecule has 15 heavy (non-hydrogen) atoms. The molecule has 3 nitrogen and oxygen atoms in total. The average Bonchev–Trinajstić information content (AvgIpc) is 2.26. The molecule has 1 amide bonds. The van der Waals surface area contributed by atoms with Crippen molar-refractivity contribution in [2.75, 3.05) is 13.1 Å². The maximum Gasteiger partial charge on any atom is 0.225 e. The molecule has 0 aromatic carbocycles. The summed E-state index contributed by atoms with van der Waals surface area (Å²) in [6, 6.07) is 0.456. The van der Waals surface area contributed by atoms with Crippen molar-refractivity contribution in [3.8, 4) is 0 Å². The second-order valence-corrected chi connectivity index (χ2v) is 4.77. The molecule has 0 radical (unpaired) electrons. The van der Waals surface area contributed by atoms with Gasteiger partial charge in [0.2, 0.25) is 5.91 Å². The third-order valence-electron chi connectivity index (χ3n) is 3.16. The summed E-state index contributed by atoms with van der Waals surface area (Å²) < 4.78 is 0. The highest BCUT2D eigenvalue weighted by Gasteiger charge is 2.25. The van der Waals surface area contributed by atoms with E-state index in [1.807, 2.05) is 18.7 Å². The number of carbonyl (C=O) groups is 1. The Kier molecular flexibility index (Phi) is 5.09. The molecule has 88 valence electrons. The van der Waals surface area contributed by atoms with Crippen molar-refractivity contribution in [3.05, 3.63) is 0 Å². The van der Waals surface area contributed by atoms with E-state index in [1.165, 1.54) is 32.1 Å². The summed E-state index contributed by atoms with van der Waals surface area (Å²) in [6.45, 7) is 5.24. The van der Waals surface area contributed by atoms with E-state index in [-0.39, 0.29) is 11.8 Å². The standard InChI is InChI=1S/C12H24N2O/c1-10(2)12(15)14(9-8-13)11-6-4-3-5-7-11/h10-11H,3-9,13H2,1-2H3. The predicted molar refractivity (Wildman–Crippen MR) is 62.5 cm³/mol. The normalized spacial score (nSPS) is 18.1. The Labute approximate surface area is 93.0 Å². The number of carbonyl (C=O) groups excluding carboxylic acids is 1. The van der Waals surface area contributed by atoms with Crippen LogP contribution < -0.4 is 5.73 Å². The number of amides is 1. The number of rotatable bonds is 4. The van der Waals surface area contributed by atoms with Gasteiger partial charge in [0.05, 0.1) is 0 Å². The highest BCUT2D eigenvalue weighted by atomic mass is 16.2. The summed E-state index contributed by atoms with van der Waals surface area (Å²) in [4.78, 5) is 14.0. The smallest absolute Gasteiger partial charge is 0.225 e. The molecule has 0 saturated heterocycles. The molecule has 0 aromatic rings. The van der Waals surface area contributed by atoms with Gasteiger partial charge in [-0.15, -0.1) is 0 Å². The Morgan fingerprint density at radius 2 is 1.93 bits per heavy atom. The van der Waals surface area contributed by atoms with Crippen LogP contribution in [-0.4, -0.2) is 29.9 Å². The molecule has 3 heteroatoms. The lowest BCUT2D eigenvalue weighted by atomic mass is 9.93. The monoisotopic (exact) mass is 212 g/mol. The molecule has 1 aliphatic rings. The summed E-state index contributed by atoms with van der Waals surface area (Å²) in [5.74, 6) is 0.367. The average molecular weight is 212 g/mol. The second kappa shape index (κ2) is 6.11. The van der Waals surface area contributed by atoms with Crippen molar-refractivity contribution in [2.45, 2.75) is 52.0 Å². The minimum absolute atomic E-state index is 0.0958. The minimum atomic E-state index is 0.0958. The van der Waals surface area contributed by atoms with E-state index in [0.29, 0.717) is 12.6 Å². The van der Waals surface area contributed by atoms with Crippen molar-refractivity contribution in [3.63, 3.8) is 0 Å². The van der Waals surface area contributed by atoms with E-state index in [9.17, 15) is 4.79 Å². The summed E-state index contributed by atoms with van der Waals surface area (Å²) in [5, 5.41) is 0. The third kappa shape index (κ3) is 3.49. The molecule has 0 spiro atoms. The van der Waals surface area contributed by atoms with E-state index >= 15 is 0 Å². The van der Waals surface area contributed by atoms with Crippen LogP contribution in [0, 0.1) is 5.92 Å². The maximum atomic E-state index is 12.0. The predicted octanol–water partition coefficient (Wildman–Crippen LogP) is 1.76. The minimum Gasteiger partial charge on any atom is -0.338 e. The molecule has 0 heterocycles. The quantitative estimate of drug-likeness (QED) is 0.772. The van der Waals surface area contributed by atoms with E-state index in [2.05, 4.69) is 0 Å². The molecule has 0 unspecified atom stereocenters. The van der Waals surface area contributed by atoms with Gasteiger partial charge in [0.1, 0.15) is 0 Å². The molecule has 0 atom stereocenters. The molecule has 1 rings (SSSR count). The molecular weight excluding hydrogens is 188 g/mol. The highest BCUT2D eigenvalue weighted by molar-refractivity contribution is 5.78. The molecule has 0 aromatic heterocycles. The molecule has 0 aliphatic heterocycles. The fourth-order valence-corrected chi connectivity index (χ4v) is 2.34. The third-order valence-corrected chi connectivity index (χ3v) is 3.16. The van der Waals surface area contributed by atoms with Gasteiger partial charge in [0.15, 0.2) is 0 Å². The van der Waals surface area contributed by atoms with Gasteiger partial charge in [-0.25, -0.2) is 0 Å². The van der Waals surface area contributed by atoms with Crippen LogP contribution in [0.15, 0.2) is 0 Å². The van der Waals surface area contributed by atoms with Gasteiger partial charge in [-0.1, -0.05) is 33.1 Å². The summed E-state index contributed by atoms with van der Waals surface area (Å²) in [7, 11) is 0. The Bertz CT molecular complexity index is 198. The van der Waals surface area contributed by atoms with E-state index < -0.39 is 0 Å². The van der Waals surface area contributed by atoms with Crippen LogP contribution in [0.25, 0.3) is 0 Å². The maximum absolute atomic E-state index is 12.0. The molecule has 1 saturated carbocycles. The molecule has 1 aliphatic carbocycles. The van der Waals surface area contributed by atoms with Gasteiger partial charge in [0, 0.05) is 25.0 Å². The summed E-state index contributed by atoms with van der Waals surface area (Å²) in [5.41, 5.74) is 5.58. The van der Waals surface area contributed by atoms with Gasteiger partial charge in [-0.05, 0) is 12.8 Å². The first-order chi connectivity index (χ1) is 7.16. The second-order valence-electron chi connectivity index (χ2n) is 4.77. The van der Waals surface area contributed by atoms with E-state index in [4.69, 9.17) is 5.73 Å². The number of nitrogens with two attached hydrogens (primary N) is 1. The molecular formula is C12H24N2O. The molecule has 0 bridgehead atoms. The Morgan fingerprint density at radius 1 is 1.33 bits per heavy atom. The van der Waals surface area contributed by atoms with Crippen molar-refractivity contribution in [2.24, 2.45) is 11.7 Å². The molecule has 2 N–H and O–H groups in total. The van der Waals surface area contributed by atoms with Crippen LogP contribution in [0.1, 0.15) is 46.0 Å². The largest absolute Gasteiger partial charge is 0.338 e. The summed E-state index contributed by atoms with van der Waals surface area (Å²) >= 11 is 0. The van der Waals surface area contributed by atoms with Gasteiger partial charge in [-0.2, -0.15) is 0 Å². The van der Waals surface area contributed by atoms with E-state index in [0.717, 1.165) is 6.54 Å². The highest BCUT2D eigenvalue weighted by Crippen LogP contribution is 2.23. The first-order valence-corrected chi connectivity index (χ1v) is 6.17. The molecule has 1 fully saturated rings. The zero-order chi connectivity index (χ0) is 11.3. The Morgan fingerprint density at radius 3 is 2.40 bits per heavy atom. The first-order valence-electron chi connectivity index (χ1n) is 6.17. The van der Waals surface area contributed by atoms with Crippen LogP contribution in [0.3, 0.4) is 0 Å². The number of hydrogen-bond acceptors (Lipinski definition) is 2. The Balaban J connectivity index is 2.58. The number of nitrogens with zero attached hydrogens (tertiary/aromatic N) is 1. The Hall–Kier alpha value is -0.570. The lowest BCUT2D eigenvalue weighted by molar-refractivity contribution is -0.137. The van der Waals surface area contributed by atoms with Gasteiger partial charge >= 0.3 is 0 Å². The zero-order valence-corrected chi connectivity index (χ0v) is 10.0. The van der Waals surface area contributed by atoms with Crippen LogP contribution in [-0.2, 0) is 4.79 Å². The lowest BCUT2D eigenvalue weighted by Gasteiger charge is -2.35. The van der Waals surface area contributed by atoms with Gasteiger partial charge < -0.3 is 10.6 Å². The summed E-state index contributed by atoms with van der Waals surface area (Å²) in [6.07, 6.45) is 6.17. The van der Waals surface area contributed by atoms with Crippen molar-refractivity contribution >= 4 is 5.91 Å². The van der Waals surface area contributed by atoms with Crippen LogP contribution in [0.4, 0.5) is 0 Å². The fraction of sp³-hybridized carbons (Fsp3) is 0.917. The van der Waals surface area contributed by atoms with Crippen molar-refractivity contribution < 1.29 is 4.79 Å². The van der Waals surface area contributed by atoms with Gasteiger partial charge in [0.25, 0.3) is 0 Å². The first kappa shape index (κ1) is 12.5.